The Labute approximate surface area is 136 Å². The first-order valence-electron chi connectivity index (χ1n) is 7.64. The number of nitrogens with one attached hydrogen (secondary N) is 1. The van der Waals surface area contributed by atoms with Gasteiger partial charge in [-0.05, 0) is 18.9 Å². The minimum absolute atomic E-state index is 0.0212. The Morgan fingerprint density at radius 3 is 2.71 bits per heavy atom. The van der Waals surface area contributed by atoms with Gasteiger partial charge in [0, 0.05) is 18.7 Å². The van der Waals surface area contributed by atoms with E-state index < -0.39 is 17.1 Å². The van der Waals surface area contributed by atoms with Gasteiger partial charge in [0.05, 0.1) is 12.9 Å². The fourth-order valence-corrected chi connectivity index (χ4v) is 2.63. The molecule has 7 nitrogen and oxygen atoms in total. The van der Waals surface area contributed by atoms with Gasteiger partial charge in [0.15, 0.2) is 5.65 Å². The molecule has 8 heteroatoms. The zero-order chi connectivity index (χ0) is 17.1. The maximum absolute atomic E-state index is 13.9. The lowest BCUT2D eigenvalue weighted by Crippen LogP contribution is -2.40. The van der Waals surface area contributed by atoms with E-state index in [4.69, 9.17) is 5.11 Å². The molecule has 3 aromatic rings. The molecule has 2 aromatic heterocycles. The number of imidazole rings is 1. The second kappa shape index (κ2) is 6.79. The highest BCUT2D eigenvalue weighted by Gasteiger charge is 2.16. The molecule has 0 bridgehead atoms. The number of nitrogens with zero attached hydrogens (tertiary/aromatic N) is 3. The van der Waals surface area contributed by atoms with Crippen molar-refractivity contribution >= 4 is 11.2 Å². The number of hydrogen-bond acceptors (Lipinski definition) is 4. The monoisotopic (exact) mass is 332 g/mol. The van der Waals surface area contributed by atoms with Gasteiger partial charge in [-0.2, -0.15) is 0 Å². The minimum Gasteiger partial charge on any atom is -0.396 e. The zero-order valence-electron chi connectivity index (χ0n) is 12.9. The average Bonchev–Trinajstić information content (AvgIpc) is 3.06. The Kier molecular flexibility index (Phi) is 4.57. The van der Waals surface area contributed by atoms with E-state index in [2.05, 4.69) is 9.97 Å². The van der Waals surface area contributed by atoms with Gasteiger partial charge in [0.1, 0.15) is 11.3 Å². The molecule has 0 atom stereocenters. The van der Waals surface area contributed by atoms with Crippen molar-refractivity contribution in [3.8, 4) is 0 Å². The van der Waals surface area contributed by atoms with Crippen LogP contribution in [0.2, 0.25) is 0 Å². The van der Waals surface area contributed by atoms with Gasteiger partial charge < -0.3 is 10.1 Å². The van der Waals surface area contributed by atoms with Crippen molar-refractivity contribution in [1.82, 2.24) is 19.1 Å². The van der Waals surface area contributed by atoms with E-state index in [0.29, 0.717) is 19.4 Å². The van der Waals surface area contributed by atoms with Gasteiger partial charge in [-0.25, -0.2) is 14.2 Å². The number of aliphatic hydroxyl groups is 1. The number of halogens is 1. The Morgan fingerprint density at radius 2 is 1.96 bits per heavy atom. The molecule has 2 heterocycles. The van der Waals surface area contributed by atoms with Gasteiger partial charge in [0.2, 0.25) is 0 Å². The van der Waals surface area contributed by atoms with Crippen LogP contribution in [0.4, 0.5) is 4.39 Å². The minimum atomic E-state index is -0.541. The van der Waals surface area contributed by atoms with Crippen LogP contribution in [0.15, 0.2) is 40.2 Å². The van der Waals surface area contributed by atoms with Crippen molar-refractivity contribution in [2.75, 3.05) is 6.61 Å². The first-order valence-corrected chi connectivity index (χ1v) is 7.64. The van der Waals surface area contributed by atoms with Crippen LogP contribution < -0.4 is 11.2 Å². The summed E-state index contributed by atoms with van der Waals surface area (Å²) >= 11 is 0. The fourth-order valence-electron chi connectivity index (χ4n) is 2.63. The molecule has 126 valence electrons. The number of aromatic amines is 1. The normalized spacial score (nSPS) is 11.2. The lowest BCUT2D eigenvalue weighted by molar-refractivity contribution is 0.281. The van der Waals surface area contributed by atoms with E-state index in [0.717, 1.165) is 4.57 Å². The smallest absolute Gasteiger partial charge is 0.333 e. The lowest BCUT2D eigenvalue weighted by atomic mass is 10.2. The molecule has 0 unspecified atom stereocenters. The van der Waals surface area contributed by atoms with Crippen LogP contribution in [0, 0.1) is 5.82 Å². The number of aromatic nitrogens is 4. The summed E-state index contributed by atoms with van der Waals surface area (Å²) in [6.07, 6.45) is 2.45. The molecule has 0 fully saturated rings. The van der Waals surface area contributed by atoms with Gasteiger partial charge in [-0.1, -0.05) is 18.2 Å². The van der Waals surface area contributed by atoms with Crippen LogP contribution in [0.1, 0.15) is 18.4 Å². The second-order valence-electron chi connectivity index (χ2n) is 5.45. The van der Waals surface area contributed by atoms with E-state index in [1.807, 2.05) is 0 Å². The summed E-state index contributed by atoms with van der Waals surface area (Å²) in [6.45, 7) is 0.185. The van der Waals surface area contributed by atoms with Crippen molar-refractivity contribution in [3.63, 3.8) is 0 Å². The van der Waals surface area contributed by atoms with Crippen LogP contribution in [-0.2, 0) is 13.1 Å². The third-order valence-corrected chi connectivity index (χ3v) is 3.87. The topological polar surface area (TPSA) is 92.9 Å². The van der Waals surface area contributed by atoms with Gasteiger partial charge in [0.25, 0.3) is 5.56 Å². The molecule has 0 saturated heterocycles. The Hall–Kier alpha value is -2.74. The second-order valence-corrected chi connectivity index (χ2v) is 5.45. The highest BCUT2D eigenvalue weighted by molar-refractivity contribution is 5.68. The molecule has 0 aliphatic rings. The number of rotatable bonds is 6. The molecule has 3 rings (SSSR count). The van der Waals surface area contributed by atoms with E-state index in [-0.39, 0.29) is 29.9 Å². The fraction of sp³-hybridized carbons (Fsp3) is 0.312. The predicted molar refractivity (Wildman–Crippen MR) is 86.4 cm³/mol. The molecular weight excluding hydrogens is 315 g/mol. The maximum Gasteiger partial charge on any atom is 0.333 e. The standard InChI is InChI=1S/C16H17FN4O3/c17-12-6-2-1-5-11(12)9-21-15(23)13-14(19-10-18-13)20(16(21)24)7-3-4-8-22/h1-2,5-6,10,22H,3-4,7-9H2,(H,18,19). The maximum atomic E-state index is 13.9. The summed E-state index contributed by atoms with van der Waals surface area (Å²) in [6, 6.07) is 6.02. The molecule has 0 amide bonds. The highest BCUT2D eigenvalue weighted by Crippen LogP contribution is 2.08. The number of aryl methyl sites for hydroxylation is 1. The Balaban J connectivity index is 2.12. The summed E-state index contributed by atoms with van der Waals surface area (Å²) in [5.74, 6) is -0.472. The molecule has 24 heavy (non-hydrogen) atoms. The predicted octanol–water partition coefficient (Wildman–Crippen LogP) is 0.846. The summed E-state index contributed by atoms with van der Waals surface area (Å²) in [5.41, 5.74) is -0.338. The summed E-state index contributed by atoms with van der Waals surface area (Å²) in [7, 11) is 0. The van der Waals surface area contributed by atoms with Gasteiger partial charge >= 0.3 is 5.69 Å². The number of aliphatic hydroxyl groups excluding tert-OH is 1. The zero-order valence-corrected chi connectivity index (χ0v) is 12.9. The average molecular weight is 332 g/mol. The summed E-state index contributed by atoms with van der Waals surface area (Å²) < 4.78 is 16.2. The third kappa shape index (κ3) is 2.88. The molecule has 2 N–H and O–H groups in total. The Morgan fingerprint density at radius 1 is 1.17 bits per heavy atom. The van der Waals surface area contributed by atoms with Crippen LogP contribution in [0.5, 0.6) is 0 Å². The van der Waals surface area contributed by atoms with E-state index in [1.54, 1.807) is 12.1 Å². The molecule has 0 radical (unpaired) electrons. The van der Waals surface area contributed by atoms with Crippen molar-refractivity contribution in [1.29, 1.82) is 0 Å². The lowest BCUT2D eigenvalue weighted by Gasteiger charge is -2.11. The van der Waals surface area contributed by atoms with E-state index in [9.17, 15) is 14.0 Å². The van der Waals surface area contributed by atoms with Gasteiger partial charge in [-0.15, -0.1) is 0 Å². The van der Waals surface area contributed by atoms with Crippen LogP contribution in [0.3, 0.4) is 0 Å². The molecule has 0 aliphatic heterocycles. The van der Waals surface area contributed by atoms with Crippen LogP contribution in [-0.4, -0.2) is 30.8 Å². The largest absolute Gasteiger partial charge is 0.396 e. The van der Waals surface area contributed by atoms with Crippen LogP contribution >= 0.6 is 0 Å². The number of unbranched alkanes of at least 4 members (excludes halogenated alkanes) is 1. The number of H-pyrrole nitrogens is 1. The van der Waals surface area contributed by atoms with Crippen LogP contribution in [0.25, 0.3) is 11.2 Å². The first kappa shape index (κ1) is 16.1. The number of fused-ring (bicyclic) bond motifs is 1. The van der Waals surface area contributed by atoms with Gasteiger partial charge in [-0.3, -0.25) is 13.9 Å². The molecule has 0 aliphatic carbocycles. The molecule has 0 saturated carbocycles. The SMILES string of the molecule is O=c1c2[nH]cnc2n(CCCCO)c(=O)n1Cc1ccccc1F. The molecule has 1 aromatic carbocycles. The van der Waals surface area contributed by atoms with E-state index >= 15 is 0 Å². The molecule has 0 spiro atoms. The van der Waals surface area contributed by atoms with Crippen molar-refractivity contribution < 1.29 is 9.50 Å². The van der Waals surface area contributed by atoms with E-state index in [1.165, 1.54) is 23.0 Å². The first-order chi connectivity index (χ1) is 11.6. The number of hydrogen-bond donors (Lipinski definition) is 2. The molecular formula is C16H17FN4O3. The highest BCUT2D eigenvalue weighted by atomic mass is 19.1. The Bertz CT molecular complexity index is 973. The van der Waals surface area contributed by atoms with Crippen molar-refractivity contribution in [3.05, 3.63) is 62.8 Å². The summed E-state index contributed by atoms with van der Waals surface area (Å²) in [4.78, 5) is 32.0. The third-order valence-electron chi connectivity index (χ3n) is 3.87. The quantitative estimate of drug-likeness (QED) is 0.655. The van der Waals surface area contributed by atoms with Crippen molar-refractivity contribution in [2.24, 2.45) is 0 Å². The van der Waals surface area contributed by atoms with Crippen molar-refractivity contribution in [2.45, 2.75) is 25.9 Å². The summed E-state index contributed by atoms with van der Waals surface area (Å²) in [5, 5.41) is 8.90. The number of benzene rings is 1.